The van der Waals surface area contributed by atoms with Gasteiger partial charge in [0.2, 0.25) is 10.0 Å². The number of amides is 1. The lowest BCUT2D eigenvalue weighted by Gasteiger charge is -2.50. The number of hydrogen-bond donors (Lipinski definition) is 1. The summed E-state index contributed by atoms with van der Waals surface area (Å²) in [4.78, 5) is 12.3. The van der Waals surface area contributed by atoms with Crippen LogP contribution in [-0.4, -0.2) is 75.2 Å². The number of halogens is 7. The number of benzene rings is 1. The van der Waals surface area contributed by atoms with E-state index < -0.39 is 76.4 Å². The number of alkyl halides is 6. The Morgan fingerprint density at radius 2 is 1.68 bits per heavy atom. The minimum Gasteiger partial charge on any atom is -0.493 e. The van der Waals surface area contributed by atoms with Crippen molar-refractivity contribution >= 4 is 15.9 Å². The first kappa shape index (κ1) is 30.8. The third-order valence-electron chi connectivity index (χ3n) is 7.92. The molecule has 0 bridgehead atoms. The average Bonchev–Trinajstić information content (AvgIpc) is 3.66. The highest BCUT2D eigenvalue weighted by Crippen LogP contribution is 2.46. The van der Waals surface area contributed by atoms with E-state index in [-0.39, 0.29) is 31.4 Å². The zero-order chi connectivity index (χ0) is 29.7. The molecular weight excluding hydrogens is 571 g/mol. The lowest BCUT2D eigenvalue weighted by atomic mass is 9.81. The fraction of sp³-hybridized carbons (Fsp3) is 0.720. The molecule has 1 aromatic carbocycles. The summed E-state index contributed by atoms with van der Waals surface area (Å²) in [6.07, 6.45) is -7.45. The van der Waals surface area contributed by atoms with Gasteiger partial charge < -0.3 is 4.74 Å². The third kappa shape index (κ3) is 7.38. The molecule has 2 unspecified atom stereocenters. The Labute approximate surface area is 228 Å². The molecule has 2 aliphatic heterocycles. The standard InChI is InChI=1S/C25H32F7N3O4S/c1-23(7-9-34(10-8-23)35-13-16(24(27,28)29)5-6-21(35)25(30,31)32)14-39-20-12-19(26)18(11-17(20)15-3-4-15)22(36)33-40(2,37)38/h11-12,15-16,21H,3-10,13-14H2,1-2H3,(H,33,36). The van der Waals surface area contributed by atoms with Gasteiger partial charge in [0.1, 0.15) is 17.6 Å². The van der Waals surface area contributed by atoms with Crippen LogP contribution >= 0.6 is 0 Å². The van der Waals surface area contributed by atoms with Crippen LogP contribution in [0.4, 0.5) is 30.7 Å². The second-order valence-corrected chi connectivity index (χ2v) is 13.1. The van der Waals surface area contributed by atoms with Crippen molar-refractivity contribution in [2.45, 2.75) is 69.8 Å². The van der Waals surface area contributed by atoms with Gasteiger partial charge in [0, 0.05) is 31.1 Å². The van der Waals surface area contributed by atoms with Gasteiger partial charge in [-0.15, -0.1) is 0 Å². The first-order valence-electron chi connectivity index (χ1n) is 13.0. The minimum absolute atomic E-state index is 0.00928. The maximum atomic E-state index is 14.8. The van der Waals surface area contributed by atoms with E-state index in [0.29, 0.717) is 18.4 Å². The van der Waals surface area contributed by atoms with E-state index in [2.05, 4.69) is 0 Å². The molecule has 0 spiro atoms. The highest BCUT2D eigenvalue weighted by atomic mass is 32.2. The van der Waals surface area contributed by atoms with Crippen LogP contribution in [-0.2, 0) is 10.0 Å². The van der Waals surface area contributed by atoms with Gasteiger partial charge in [-0.1, -0.05) is 6.92 Å². The van der Waals surface area contributed by atoms with E-state index in [1.165, 1.54) is 11.1 Å². The fourth-order valence-corrected chi connectivity index (χ4v) is 5.81. The van der Waals surface area contributed by atoms with Gasteiger partial charge in [-0.25, -0.2) is 27.5 Å². The van der Waals surface area contributed by atoms with E-state index in [4.69, 9.17) is 4.74 Å². The van der Waals surface area contributed by atoms with Crippen molar-refractivity contribution in [2.24, 2.45) is 11.3 Å². The van der Waals surface area contributed by atoms with Crippen LogP contribution in [0.1, 0.15) is 67.3 Å². The number of carbonyl (C=O) groups is 1. The summed E-state index contributed by atoms with van der Waals surface area (Å²) in [5, 5.41) is 2.20. The molecule has 3 fully saturated rings. The van der Waals surface area contributed by atoms with Gasteiger partial charge in [-0.3, -0.25) is 4.79 Å². The molecule has 1 saturated carbocycles. The van der Waals surface area contributed by atoms with Crippen molar-refractivity contribution in [3.8, 4) is 5.75 Å². The number of ether oxygens (including phenoxy) is 1. The van der Waals surface area contributed by atoms with Crippen LogP contribution in [0.2, 0.25) is 0 Å². The molecule has 3 aliphatic rings. The van der Waals surface area contributed by atoms with Crippen molar-refractivity contribution < 1.29 is 48.7 Å². The van der Waals surface area contributed by atoms with Crippen molar-refractivity contribution in [3.63, 3.8) is 0 Å². The summed E-state index contributed by atoms with van der Waals surface area (Å²) in [5.74, 6) is -3.70. The van der Waals surface area contributed by atoms with E-state index in [1.54, 1.807) is 4.72 Å². The van der Waals surface area contributed by atoms with E-state index in [0.717, 1.165) is 30.2 Å². The summed E-state index contributed by atoms with van der Waals surface area (Å²) < 4.78 is 126. The van der Waals surface area contributed by atoms with Crippen molar-refractivity contribution in [2.75, 3.05) is 32.5 Å². The third-order valence-corrected chi connectivity index (χ3v) is 8.48. The maximum Gasteiger partial charge on any atom is 0.405 e. The maximum absolute atomic E-state index is 14.8. The molecule has 1 aromatic rings. The molecule has 1 N–H and O–H groups in total. The number of rotatable bonds is 7. The van der Waals surface area contributed by atoms with Crippen LogP contribution < -0.4 is 9.46 Å². The van der Waals surface area contributed by atoms with Crippen molar-refractivity contribution in [1.82, 2.24) is 14.7 Å². The van der Waals surface area contributed by atoms with Crippen LogP contribution in [0.25, 0.3) is 0 Å². The second kappa shape index (κ2) is 10.9. The summed E-state index contributed by atoms with van der Waals surface area (Å²) in [7, 11) is -3.91. The quantitative estimate of drug-likeness (QED) is 0.443. The molecule has 2 atom stereocenters. The van der Waals surface area contributed by atoms with Gasteiger partial charge in [0.25, 0.3) is 5.91 Å². The van der Waals surface area contributed by atoms with Gasteiger partial charge in [0.05, 0.1) is 24.3 Å². The second-order valence-electron chi connectivity index (χ2n) is 11.4. The van der Waals surface area contributed by atoms with Gasteiger partial charge in [0.15, 0.2) is 0 Å². The molecular formula is C25H32F7N3O4S. The lowest BCUT2D eigenvalue weighted by molar-refractivity contribution is -0.268. The van der Waals surface area contributed by atoms with Gasteiger partial charge >= 0.3 is 12.4 Å². The van der Waals surface area contributed by atoms with E-state index in [9.17, 15) is 43.9 Å². The van der Waals surface area contributed by atoms with E-state index >= 15 is 0 Å². The highest BCUT2D eigenvalue weighted by Gasteiger charge is 2.53. The first-order chi connectivity index (χ1) is 18.4. The molecule has 226 valence electrons. The zero-order valence-electron chi connectivity index (χ0n) is 22.0. The number of piperidine rings is 2. The Hall–Kier alpha value is -2.13. The highest BCUT2D eigenvalue weighted by molar-refractivity contribution is 7.89. The Morgan fingerprint density at radius 1 is 1.05 bits per heavy atom. The fourth-order valence-electron chi connectivity index (χ4n) is 5.36. The molecule has 0 aromatic heterocycles. The molecule has 2 saturated heterocycles. The molecule has 1 aliphatic carbocycles. The summed E-state index contributed by atoms with van der Waals surface area (Å²) in [6, 6.07) is 0.329. The molecule has 0 radical (unpaired) electrons. The van der Waals surface area contributed by atoms with Gasteiger partial charge in [-0.05, 0) is 56.1 Å². The van der Waals surface area contributed by atoms with Crippen LogP contribution in [0.3, 0.4) is 0 Å². The largest absolute Gasteiger partial charge is 0.493 e. The first-order valence-corrected chi connectivity index (χ1v) is 14.9. The summed E-state index contributed by atoms with van der Waals surface area (Å²) >= 11 is 0. The molecule has 2 heterocycles. The molecule has 40 heavy (non-hydrogen) atoms. The summed E-state index contributed by atoms with van der Waals surface area (Å²) in [6.45, 7) is 1.38. The summed E-state index contributed by atoms with van der Waals surface area (Å²) in [5.41, 5.74) is -0.426. The number of nitrogens with one attached hydrogen (secondary N) is 1. The zero-order valence-corrected chi connectivity index (χ0v) is 22.9. The molecule has 4 rings (SSSR count). The van der Waals surface area contributed by atoms with Crippen LogP contribution in [0.15, 0.2) is 12.1 Å². The number of sulfonamides is 1. The number of nitrogens with zero attached hydrogens (tertiary/aromatic N) is 2. The molecule has 15 heteroatoms. The normalized spacial score (nSPS) is 25.0. The molecule has 1 amide bonds. The Balaban J connectivity index is 1.43. The number of hydrazine groups is 1. The predicted octanol–water partition coefficient (Wildman–Crippen LogP) is 4.99. The van der Waals surface area contributed by atoms with E-state index in [1.807, 2.05) is 6.92 Å². The molecule has 7 nitrogen and oxygen atoms in total. The topological polar surface area (TPSA) is 78.9 Å². The van der Waals surface area contributed by atoms with Crippen molar-refractivity contribution in [3.05, 3.63) is 29.1 Å². The van der Waals surface area contributed by atoms with Crippen LogP contribution in [0.5, 0.6) is 5.75 Å². The smallest absolute Gasteiger partial charge is 0.405 e. The minimum atomic E-state index is -4.66. The number of hydrogen-bond acceptors (Lipinski definition) is 6. The van der Waals surface area contributed by atoms with Gasteiger partial charge in [-0.2, -0.15) is 26.3 Å². The Morgan fingerprint density at radius 3 is 2.20 bits per heavy atom. The average molecular weight is 604 g/mol. The van der Waals surface area contributed by atoms with Crippen molar-refractivity contribution in [1.29, 1.82) is 0 Å². The lowest BCUT2D eigenvalue weighted by Crippen LogP contribution is -2.62. The van der Waals surface area contributed by atoms with Crippen LogP contribution in [0, 0.1) is 17.2 Å². The Bertz CT molecular complexity index is 1210. The SMILES string of the molecule is CC1(COc2cc(F)c(C(=O)NS(C)(=O)=O)cc2C2CC2)CCN(N2CC(C(F)(F)F)CCC2C(F)(F)F)CC1. The Kier molecular flexibility index (Phi) is 8.42. The predicted molar refractivity (Wildman–Crippen MR) is 130 cm³/mol. The number of carbonyl (C=O) groups excluding carboxylic acids is 1. The monoisotopic (exact) mass is 603 g/mol.